The quantitative estimate of drug-likeness (QED) is 0.713. The summed E-state index contributed by atoms with van der Waals surface area (Å²) in [7, 11) is 0. The van der Waals surface area contributed by atoms with Crippen LogP contribution in [0.2, 0.25) is 0 Å². The van der Waals surface area contributed by atoms with Crippen LogP contribution in [0.3, 0.4) is 0 Å². The molecule has 21 heavy (non-hydrogen) atoms. The number of likely N-dealkylation sites (tertiary alicyclic amines) is 1. The number of aldehydes is 1. The molecule has 0 bridgehead atoms. The van der Waals surface area contributed by atoms with E-state index < -0.39 is 0 Å². The van der Waals surface area contributed by atoms with Gasteiger partial charge in [0, 0.05) is 12.0 Å². The molecule has 0 aromatic rings. The van der Waals surface area contributed by atoms with Crippen molar-refractivity contribution >= 4 is 6.29 Å². The summed E-state index contributed by atoms with van der Waals surface area (Å²) in [6, 6.07) is 0. The minimum Gasteiger partial charge on any atom is -0.303 e. The van der Waals surface area contributed by atoms with Gasteiger partial charge in [-0.25, -0.2) is 0 Å². The van der Waals surface area contributed by atoms with E-state index in [9.17, 15) is 4.79 Å². The second-order valence-corrected chi connectivity index (χ2v) is 8.93. The lowest BCUT2D eigenvalue weighted by Crippen LogP contribution is -2.41. The Morgan fingerprint density at radius 3 is 2.33 bits per heavy atom. The molecule has 2 aliphatic rings. The van der Waals surface area contributed by atoms with Crippen molar-refractivity contribution in [3.8, 4) is 0 Å². The van der Waals surface area contributed by atoms with Crippen LogP contribution >= 0.6 is 0 Å². The van der Waals surface area contributed by atoms with E-state index in [1.807, 2.05) is 0 Å². The van der Waals surface area contributed by atoms with Gasteiger partial charge in [-0.05, 0) is 75.3 Å². The molecule has 1 aliphatic heterocycles. The first-order valence-electron chi connectivity index (χ1n) is 9.03. The third kappa shape index (κ3) is 4.55. The Labute approximate surface area is 131 Å². The first kappa shape index (κ1) is 17.0. The van der Waals surface area contributed by atoms with Gasteiger partial charge >= 0.3 is 0 Å². The van der Waals surface area contributed by atoms with Crippen LogP contribution < -0.4 is 0 Å². The predicted molar refractivity (Wildman–Crippen MR) is 89.4 cm³/mol. The summed E-state index contributed by atoms with van der Waals surface area (Å²) in [5, 5.41) is 0. The molecule has 0 N–H and O–H groups in total. The third-order valence-corrected chi connectivity index (χ3v) is 6.10. The second kappa shape index (κ2) is 6.81. The topological polar surface area (TPSA) is 20.3 Å². The average Bonchev–Trinajstić information content (AvgIpc) is 2.67. The summed E-state index contributed by atoms with van der Waals surface area (Å²) in [5.41, 5.74) is 0.396. The van der Waals surface area contributed by atoms with Crippen molar-refractivity contribution in [2.75, 3.05) is 19.6 Å². The summed E-state index contributed by atoms with van der Waals surface area (Å²) in [5.74, 6) is 1.65. The van der Waals surface area contributed by atoms with E-state index in [4.69, 9.17) is 0 Å². The zero-order valence-electron chi connectivity index (χ0n) is 14.7. The summed E-state index contributed by atoms with van der Waals surface area (Å²) >= 11 is 0. The molecule has 0 aromatic heterocycles. The first-order valence-corrected chi connectivity index (χ1v) is 9.03. The molecule has 2 rings (SSSR count). The number of carbonyl (C=O) groups is 1. The molecule has 0 aromatic carbocycles. The fourth-order valence-corrected chi connectivity index (χ4v) is 4.28. The Bertz CT molecular complexity index is 336. The fourth-order valence-electron chi connectivity index (χ4n) is 4.28. The maximum atomic E-state index is 11.7. The van der Waals surface area contributed by atoms with Crippen molar-refractivity contribution in [3.05, 3.63) is 0 Å². The van der Waals surface area contributed by atoms with Crippen LogP contribution in [0.1, 0.15) is 72.6 Å². The van der Waals surface area contributed by atoms with Crippen LogP contribution in [0.4, 0.5) is 0 Å². The van der Waals surface area contributed by atoms with Crippen molar-refractivity contribution in [2.24, 2.45) is 22.7 Å². The molecule has 2 heteroatoms. The normalized spacial score (nSPS) is 36.2. The highest BCUT2D eigenvalue weighted by Gasteiger charge is 2.36. The molecule has 0 radical (unpaired) electrons. The number of hydrogen-bond acceptors (Lipinski definition) is 2. The number of rotatable bonds is 3. The SMILES string of the molecule is CC1CCC(C=O)(CN2CCCC(C(C)(C)C)CC2)CC1. The van der Waals surface area contributed by atoms with E-state index in [1.54, 1.807) is 0 Å². The number of carbonyl (C=O) groups excluding carboxylic acids is 1. The summed E-state index contributed by atoms with van der Waals surface area (Å²) < 4.78 is 0. The largest absolute Gasteiger partial charge is 0.303 e. The summed E-state index contributed by atoms with van der Waals surface area (Å²) in [6.45, 7) is 12.9. The first-order chi connectivity index (χ1) is 9.85. The standard InChI is InChI=1S/C19H35NO/c1-16-7-10-19(15-21,11-8-16)14-20-12-5-6-17(9-13-20)18(2,3)4/h15-17H,5-14H2,1-4H3. The Morgan fingerprint density at radius 2 is 1.76 bits per heavy atom. The lowest BCUT2D eigenvalue weighted by Gasteiger charge is -2.38. The second-order valence-electron chi connectivity index (χ2n) is 8.93. The molecule has 1 saturated carbocycles. The zero-order chi connectivity index (χ0) is 15.5. The maximum absolute atomic E-state index is 11.7. The highest BCUT2D eigenvalue weighted by Crippen LogP contribution is 2.39. The minimum atomic E-state index is -0.0337. The molecule has 1 atom stereocenters. The van der Waals surface area contributed by atoms with Crippen LogP contribution in [0.5, 0.6) is 0 Å². The van der Waals surface area contributed by atoms with Crippen molar-refractivity contribution in [1.29, 1.82) is 0 Å². The highest BCUT2D eigenvalue weighted by atomic mass is 16.1. The third-order valence-electron chi connectivity index (χ3n) is 6.10. The Balaban J connectivity index is 1.92. The zero-order valence-corrected chi connectivity index (χ0v) is 14.7. The highest BCUT2D eigenvalue weighted by molar-refractivity contribution is 5.60. The summed E-state index contributed by atoms with van der Waals surface area (Å²) in [4.78, 5) is 14.3. The Kier molecular flexibility index (Phi) is 5.51. The number of nitrogens with zero attached hydrogens (tertiary/aromatic N) is 1. The van der Waals surface area contributed by atoms with Gasteiger partial charge in [0.1, 0.15) is 6.29 Å². The van der Waals surface area contributed by atoms with Gasteiger partial charge in [0.2, 0.25) is 0 Å². The van der Waals surface area contributed by atoms with Crippen molar-refractivity contribution in [3.63, 3.8) is 0 Å². The lowest BCUT2D eigenvalue weighted by atomic mass is 9.71. The van der Waals surface area contributed by atoms with Gasteiger partial charge in [0.25, 0.3) is 0 Å². The summed E-state index contributed by atoms with van der Waals surface area (Å²) in [6.07, 6.45) is 9.93. The molecule has 1 heterocycles. The van der Waals surface area contributed by atoms with E-state index in [1.165, 1.54) is 51.5 Å². The van der Waals surface area contributed by atoms with Gasteiger partial charge in [0.05, 0.1) is 0 Å². The molecule has 1 aliphatic carbocycles. The molecule has 2 nitrogen and oxygen atoms in total. The van der Waals surface area contributed by atoms with Crippen LogP contribution in [-0.2, 0) is 4.79 Å². The van der Waals surface area contributed by atoms with Gasteiger partial charge in [0.15, 0.2) is 0 Å². The smallest absolute Gasteiger partial charge is 0.127 e. The van der Waals surface area contributed by atoms with Crippen molar-refractivity contribution in [1.82, 2.24) is 4.90 Å². The lowest BCUT2D eigenvalue weighted by molar-refractivity contribution is -0.119. The molecular formula is C19H35NO. The average molecular weight is 293 g/mol. The van der Waals surface area contributed by atoms with Gasteiger partial charge in [-0.1, -0.05) is 27.7 Å². The predicted octanol–water partition coefficient (Wildman–Crippen LogP) is 4.53. The molecule has 2 fully saturated rings. The van der Waals surface area contributed by atoms with E-state index in [0.717, 1.165) is 31.2 Å². The van der Waals surface area contributed by atoms with Crippen LogP contribution in [0.25, 0.3) is 0 Å². The molecule has 1 saturated heterocycles. The van der Waals surface area contributed by atoms with Crippen LogP contribution in [0.15, 0.2) is 0 Å². The van der Waals surface area contributed by atoms with E-state index in [2.05, 4.69) is 32.6 Å². The minimum absolute atomic E-state index is 0.0337. The Hall–Kier alpha value is -0.370. The van der Waals surface area contributed by atoms with E-state index >= 15 is 0 Å². The van der Waals surface area contributed by atoms with Gasteiger partial charge in [-0.15, -0.1) is 0 Å². The van der Waals surface area contributed by atoms with Crippen molar-refractivity contribution in [2.45, 2.75) is 72.6 Å². The molecular weight excluding hydrogens is 258 g/mol. The maximum Gasteiger partial charge on any atom is 0.127 e. The number of hydrogen-bond donors (Lipinski definition) is 0. The molecule has 1 unspecified atom stereocenters. The Morgan fingerprint density at radius 1 is 1.10 bits per heavy atom. The van der Waals surface area contributed by atoms with Gasteiger partial charge in [-0.3, -0.25) is 0 Å². The van der Waals surface area contributed by atoms with Gasteiger partial charge in [-0.2, -0.15) is 0 Å². The van der Waals surface area contributed by atoms with Crippen LogP contribution in [0, 0.1) is 22.7 Å². The molecule has 0 amide bonds. The van der Waals surface area contributed by atoms with Gasteiger partial charge < -0.3 is 9.69 Å². The van der Waals surface area contributed by atoms with E-state index in [0.29, 0.717) is 5.41 Å². The monoisotopic (exact) mass is 293 g/mol. The molecule has 0 spiro atoms. The van der Waals surface area contributed by atoms with Crippen LogP contribution in [-0.4, -0.2) is 30.8 Å². The fraction of sp³-hybridized carbons (Fsp3) is 0.947. The molecule has 122 valence electrons. The van der Waals surface area contributed by atoms with Crippen molar-refractivity contribution < 1.29 is 4.79 Å². The van der Waals surface area contributed by atoms with E-state index in [-0.39, 0.29) is 5.41 Å².